The normalized spacial score (nSPS) is 15.3. The molecule has 0 radical (unpaired) electrons. The summed E-state index contributed by atoms with van der Waals surface area (Å²) in [6.07, 6.45) is 1.11. The Morgan fingerprint density at radius 2 is 1.77 bits per heavy atom. The Morgan fingerprint density at radius 1 is 1.15 bits per heavy atom. The van der Waals surface area contributed by atoms with E-state index in [0.29, 0.717) is 0 Å². The van der Waals surface area contributed by atoms with Crippen molar-refractivity contribution in [2.24, 2.45) is 0 Å². The maximum absolute atomic E-state index is 10.5. The van der Waals surface area contributed by atoms with Gasteiger partial charge < -0.3 is 0 Å². The van der Waals surface area contributed by atoms with Crippen molar-refractivity contribution in [1.29, 1.82) is 0 Å². The van der Waals surface area contributed by atoms with Crippen LogP contribution in [0.3, 0.4) is 0 Å². The van der Waals surface area contributed by atoms with Gasteiger partial charge in [0.25, 0.3) is 0 Å². The molecule has 72 valence electrons. The molecule has 0 aliphatic rings. The summed E-state index contributed by atoms with van der Waals surface area (Å²) in [5.41, 5.74) is 0. The van der Waals surface area contributed by atoms with Crippen LogP contribution in [-0.4, -0.2) is 22.2 Å². The molecule has 0 saturated heterocycles. The number of rotatable bonds is 4. The first-order valence-electron chi connectivity index (χ1n) is 5.01. The molecular formula is C11H18OSn. The van der Waals surface area contributed by atoms with Crippen LogP contribution in [0.5, 0.6) is 0 Å². The van der Waals surface area contributed by atoms with Crippen LogP contribution in [-0.2, 0) is 0 Å². The van der Waals surface area contributed by atoms with E-state index in [0.717, 1.165) is 15.3 Å². The Hall–Kier alpha value is -0.0213. The van der Waals surface area contributed by atoms with Gasteiger partial charge in [0.2, 0.25) is 0 Å². The predicted molar refractivity (Wildman–Crippen MR) is 59.6 cm³/mol. The third-order valence-electron chi connectivity index (χ3n) is 2.56. The molecule has 0 aromatic heterocycles. The molecule has 1 nitrogen and oxygen atoms in total. The molecule has 0 heterocycles. The Bertz CT molecular complexity index is 248. The average molecular weight is 285 g/mol. The zero-order valence-electron chi connectivity index (χ0n) is 8.46. The van der Waals surface area contributed by atoms with Gasteiger partial charge in [-0.05, 0) is 0 Å². The first-order valence-corrected chi connectivity index (χ1v) is 11.7. The number of benzene rings is 1. The summed E-state index contributed by atoms with van der Waals surface area (Å²) in [4.78, 5) is 0. The molecule has 1 N–H and O–H groups in total. The van der Waals surface area contributed by atoms with Gasteiger partial charge in [-0.15, -0.1) is 0 Å². The molecule has 0 amide bonds. The standard InChI is InChI=1S/C6H5.C3H7.C2H5.H2O.Sn/c1-2-4-6-5-3-1;1-3-2;1-2;;/h1-5H;1,3H2,2H3;1H2,2H3;1H2;/q;;;;+1/p-1. The van der Waals surface area contributed by atoms with Crippen molar-refractivity contribution in [2.75, 3.05) is 0 Å². The van der Waals surface area contributed by atoms with E-state index in [9.17, 15) is 3.44 Å². The minimum absolute atomic E-state index is 0.993. The second-order valence-corrected chi connectivity index (χ2v) is 14.5. The third kappa shape index (κ3) is 2.71. The second-order valence-electron chi connectivity index (χ2n) is 3.50. The van der Waals surface area contributed by atoms with Gasteiger partial charge in [-0.2, -0.15) is 0 Å². The van der Waals surface area contributed by atoms with Crippen LogP contribution < -0.4 is 3.58 Å². The molecule has 13 heavy (non-hydrogen) atoms. The van der Waals surface area contributed by atoms with Gasteiger partial charge in [0.15, 0.2) is 0 Å². The fourth-order valence-electron chi connectivity index (χ4n) is 1.69. The maximum atomic E-state index is 10.5. The molecule has 0 spiro atoms. The summed E-state index contributed by atoms with van der Waals surface area (Å²) >= 11 is -2.86. The number of hydrogen-bond acceptors (Lipinski definition) is 1. The van der Waals surface area contributed by atoms with Crippen LogP contribution in [0, 0.1) is 0 Å². The van der Waals surface area contributed by atoms with Crippen molar-refractivity contribution < 1.29 is 3.44 Å². The average Bonchev–Trinajstić information content (AvgIpc) is 2.19. The van der Waals surface area contributed by atoms with Gasteiger partial charge in [0.1, 0.15) is 0 Å². The van der Waals surface area contributed by atoms with Crippen molar-refractivity contribution in [1.82, 2.24) is 0 Å². The summed E-state index contributed by atoms with van der Waals surface area (Å²) in [6, 6.07) is 10.3. The SMILES string of the molecule is CC[CH2][Sn]([OH])([CH2]C)[c]1ccccc1. The quantitative estimate of drug-likeness (QED) is 0.841. The number of hydrogen-bond donors (Lipinski definition) is 1. The molecule has 0 bridgehead atoms. The van der Waals surface area contributed by atoms with E-state index in [2.05, 4.69) is 26.0 Å². The summed E-state index contributed by atoms with van der Waals surface area (Å²) in [7, 11) is 0. The Kier molecular flexibility index (Phi) is 4.26. The molecule has 1 unspecified atom stereocenters. The summed E-state index contributed by atoms with van der Waals surface area (Å²) in [6.45, 7) is 4.28. The summed E-state index contributed by atoms with van der Waals surface area (Å²) in [5, 5.41) is 0. The second kappa shape index (κ2) is 5.01. The van der Waals surface area contributed by atoms with Crippen molar-refractivity contribution in [3.8, 4) is 0 Å². The van der Waals surface area contributed by atoms with Crippen LogP contribution in [0.25, 0.3) is 0 Å². The molecule has 0 fully saturated rings. The summed E-state index contributed by atoms with van der Waals surface area (Å²) < 4.78 is 13.8. The van der Waals surface area contributed by atoms with E-state index in [4.69, 9.17) is 0 Å². The van der Waals surface area contributed by atoms with Crippen LogP contribution in [0.15, 0.2) is 30.3 Å². The van der Waals surface area contributed by atoms with Crippen molar-refractivity contribution in [3.05, 3.63) is 30.3 Å². The molecule has 0 aliphatic heterocycles. The molecule has 0 saturated carbocycles. The molecule has 1 rings (SSSR count). The molecular weight excluding hydrogens is 267 g/mol. The zero-order chi connectivity index (χ0) is 9.73. The fraction of sp³-hybridized carbons (Fsp3) is 0.455. The van der Waals surface area contributed by atoms with Gasteiger partial charge >= 0.3 is 85.3 Å². The monoisotopic (exact) mass is 286 g/mol. The zero-order valence-corrected chi connectivity index (χ0v) is 11.3. The molecule has 0 aliphatic carbocycles. The van der Waals surface area contributed by atoms with E-state index in [1.54, 1.807) is 0 Å². The first-order chi connectivity index (χ1) is 6.23. The van der Waals surface area contributed by atoms with Gasteiger partial charge in [0, 0.05) is 0 Å². The first kappa shape index (κ1) is 11.1. The van der Waals surface area contributed by atoms with E-state index in [-0.39, 0.29) is 0 Å². The molecule has 2 heteroatoms. The third-order valence-corrected chi connectivity index (χ3v) is 13.7. The molecule has 1 aromatic carbocycles. The Labute approximate surface area is 85.2 Å². The van der Waals surface area contributed by atoms with Gasteiger partial charge in [-0.3, -0.25) is 0 Å². The van der Waals surface area contributed by atoms with E-state index in [1.807, 2.05) is 18.2 Å². The van der Waals surface area contributed by atoms with Gasteiger partial charge in [-0.1, -0.05) is 0 Å². The fourth-order valence-corrected chi connectivity index (χ4v) is 9.37. The molecule has 1 atom stereocenters. The summed E-state index contributed by atoms with van der Waals surface area (Å²) in [5.74, 6) is 0. The molecule has 1 aromatic rings. The Balaban J connectivity index is 2.89. The van der Waals surface area contributed by atoms with Crippen molar-refractivity contribution in [2.45, 2.75) is 29.1 Å². The van der Waals surface area contributed by atoms with Crippen LogP contribution in [0.4, 0.5) is 0 Å². The Morgan fingerprint density at radius 3 is 2.23 bits per heavy atom. The van der Waals surface area contributed by atoms with Crippen LogP contribution >= 0.6 is 0 Å². The van der Waals surface area contributed by atoms with Crippen LogP contribution in [0.2, 0.25) is 8.87 Å². The predicted octanol–water partition coefficient (Wildman–Crippen LogP) is 2.26. The minimum atomic E-state index is -2.86. The van der Waals surface area contributed by atoms with Gasteiger partial charge in [-0.25, -0.2) is 0 Å². The van der Waals surface area contributed by atoms with Gasteiger partial charge in [0.05, 0.1) is 0 Å². The van der Waals surface area contributed by atoms with E-state index >= 15 is 0 Å². The topological polar surface area (TPSA) is 20.2 Å². The van der Waals surface area contributed by atoms with Crippen LogP contribution in [0.1, 0.15) is 20.3 Å². The van der Waals surface area contributed by atoms with E-state index < -0.39 is 18.8 Å². The van der Waals surface area contributed by atoms with E-state index in [1.165, 1.54) is 3.58 Å². The van der Waals surface area contributed by atoms with Crippen molar-refractivity contribution >= 4 is 22.4 Å². The van der Waals surface area contributed by atoms with Crippen molar-refractivity contribution in [3.63, 3.8) is 0 Å².